The van der Waals surface area contributed by atoms with Gasteiger partial charge in [0.15, 0.2) is 0 Å². The van der Waals surface area contributed by atoms with E-state index in [1.807, 2.05) is 24.8 Å². The number of pyridine rings is 8. The highest BCUT2D eigenvalue weighted by molar-refractivity contribution is 5.88. The minimum Gasteiger partial charge on any atom is -0.260 e. The summed E-state index contributed by atoms with van der Waals surface area (Å²) in [5, 5.41) is 0. The van der Waals surface area contributed by atoms with Crippen molar-refractivity contribution in [3.63, 3.8) is 0 Å². The molecule has 8 aliphatic rings. The van der Waals surface area contributed by atoms with E-state index >= 15 is 0 Å². The van der Waals surface area contributed by atoms with Crippen LogP contribution in [-0.4, -0.2) is 39.9 Å². The van der Waals surface area contributed by atoms with E-state index < -0.39 is 0 Å². The van der Waals surface area contributed by atoms with Crippen molar-refractivity contribution in [3.8, 4) is 89.0 Å². The third-order valence-electron chi connectivity index (χ3n) is 31.7. The van der Waals surface area contributed by atoms with Gasteiger partial charge in [0.05, 0.1) is 45.6 Å². The molecular formula is C127H134N8. The van der Waals surface area contributed by atoms with Gasteiger partial charge < -0.3 is 0 Å². The van der Waals surface area contributed by atoms with Crippen molar-refractivity contribution in [1.82, 2.24) is 39.9 Å². The lowest BCUT2D eigenvalue weighted by Gasteiger charge is -2.12. The molecule has 8 aromatic carbocycles. The van der Waals surface area contributed by atoms with E-state index in [9.17, 15) is 0 Å². The van der Waals surface area contributed by atoms with E-state index in [0.29, 0.717) is 0 Å². The molecule has 8 heterocycles. The second kappa shape index (κ2) is 37.0. The van der Waals surface area contributed by atoms with Crippen LogP contribution < -0.4 is 0 Å². The van der Waals surface area contributed by atoms with Crippen LogP contribution >= 0.6 is 0 Å². The summed E-state index contributed by atoms with van der Waals surface area (Å²) in [5.41, 5.74) is 85.4. The first-order chi connectivity index (χ1) is 64.3. The van der Waals surface area contributed by atoms with Crippen molar-refractivity contribution < 1.29 is 0 Å². The quantitative estimate of drug-likeness (QED) is 0.148. The van der Waals surface area contributed by atoms with E-state index in [1.165, 1.54) is 352 Å². The Kier molecular flexibility index (Phi) is 25.7. The van der Waals surface area contributed by atoms with Crippen LogP contribution in [-0.2, 0) is 51.4 Å². The molecule has 0 spiro atoms. The Morgan fingerprint density at radius 1 is 0.163 bits per heavy atom. The van der Waals surface area contributed by atoms with Crippen LogP contribution in [0.5, 0.6) is 0 Å². The topological polar surface area (TPSA) is 103 Å². The Labute approximate surface area is 804 Å². The lowest BCUT2D eigenvalue weighted by molar-refractivity contribution is 1.03. The predicted octanol–water partition coefficient (Wildman–Crippen LogP) is 30.8. The average Bonchev–Trinajstić information content (AvgIpc) is 1.60. The smallest absolute Gasteiger partial charge is 0.0532 e. The molecule has 8 aliphatic carbocycles. The maximum atomic E-state index is 4.77. The van der Waals surface area contributed by atoms with Gasteiger partial charge in [0, 0.05) is 143 Å². The van der Waals surface area contributed by atoms with E-state index in [4.69, 9.17) is 19.9 Å². The molecule has 24 rings (SSSR count). The summed E-state index contributed by atoms with van der Waals surface area (Å²) >= 11 is 0. The molecule has 682 valence electrons. The monoisotopic (exact) mass is 1770 g/mol. The molecule has 16 aromatic rings. The summed E-state index contributed by atoms with van der Waals surface area (Å²) in [4.78, 5) is 37.5. The van der Waals surface area contributed by atoms with Gasteiger partial charge in [0.1, 0.15) is 0 Å². The number of aryl methyl sites for hydroxylation is 18. The average molecular weight is 1770 g/mol. The van der Waals surface area contributed by atoms with Gasteiger partial charge >= 0.3 is 0 Å². The first-order valence-electron chi connectivity index (χ1n) is 48.7. The molecule has 0 radical (unpaired) electrons. The largest absolute Gasteiger partial charge is 0.260 e. The van der Waals surface area contributed by atoms with Crippen LogP contribution in [0.1, 0.15) is 263 Å². The van der Waals surface area contributed by atoms with Gasteiger partial charge in [-0.1, -0.05) is 144 Å². The van der Waals surface area contributed by atoms with Gasteiger partial charge in [-0.25, -0.2) is 0 Å². The molecule has 8 aromatic heterocycles. The zero-order valence-electron chi connectivity index (χ0n) is 86.2. The van der Waals surface area contributed by atoms with Crippen LogP contribution in [0.15, 0.2) is 152 Å². The molecule has 0 saturated carbocycles. The standard InChI is InChI=1S/7C16H17N.C15H15N/c1-9-5-10(2)15-13(6-9)7-14-16(15)12(4)11(3)8-17-14;1-9-5-6-13-7-14-16(15(13)11(9)3)12(4)10(2)8-17-14;1-9-5-6-10(2)15-13(9)7-14-16(15)12(4)11(3)8-17-14;1-9-5-6-14-13(7-9)8-15-16(14)11(3)10(2)12(4)17-15;1-9-5-6-13-8-15-16(14(13)7-9)11(3)10(2)12(4)17-15;1-9-6-5-7-13-14(9)8-15-16(13)11(3)10(2)12(4)17-15;1-9-6-5-7-13-8-14-16(15(9)13)11(3)10(2)12(4)17-14;1-9-5-4-6-12-13(9)7-14-15(12)11(3)10(2)8-16-14/h3*5-6,8H,7H2,1-4H3;4*5-7H,8H2,1-4H3;4-6,8H,7H2,1-3H3. The van der Waals surface area contributed by atoms with Crippen LogP contribution in [0.3, 0.4) is 0 Å². The Bertz CT molecular complexity index is 7550. The molecular weight excluding hydrogens is 1640 g/mol. The highest BCUT2D eigenvalue weighted by Crippen LogP contribution is 2.50. The predicted molar refractivity (Wildman–Crippen MR) is 567 cm³/mol. The molecule has 0 fully saturated rings. The molecule has 8 nitrogen and oxygen atoms in total. The van der Waals surface area contributed by atoms with Crippen molar-refractivity contribution in [2.24, 2.45) is 0 Å². The summed E-state index contributed by atoms with van der Waals surface area (Å²) in [6.07, 6.45) is 16.0. The Morgan fingerprint density at radius 3 is 1.03 bits per heavy atom. The molecule has 0 atom stereocenters. The minimum absolute atomic E-state index is 0.993. The first-order valence-corrected chi connectivity index (χ1v) is 48.7. The third kappa shape index (κ3) is 17.0. The lowest BCUT2D eigenvalue weighted by Crippen LogP contribution is -1.98. The maximum Gasteiger partial charge on any atom is 0.0532 e. The van der Waals surface area contributed by atoms with Gasteiger partial charge in [0.2, 0.25) is 0 Å². The number of nitrogens with zero attached hydrogens (tertiary/aromatic N) is 8. The summed E-state index contributed by atoms with van der Waals surface area (Å²) in [7, 11) is 0. The fourth-order valence-corrected chi connectivity index (χ4v) is 22.4. The normalized spacial score (nSPS) is 12.5. The highest BCUT2D eigenvalue weighted by Gasteiger charge is 2.33. The zero-order chi connectivity index (χ0) is 96.4. The van der Waals surface area contributed by atoms with Gasteiger partial charge in [-0.3, -0.25) is 39.9 Å². The zero-order valence-corrected chi connectivity index (χ0v) is 86.2. The lowest BCUT2D eigenvalue weighted by atomic mass is 9.94. The fourth-order valence-electron chi connectivity index (χ4n) is 22.4. The number of fused-ring (bicyclic) bond motifs is 24. The Balaban J connectivity index is 0.000000107. The van der Waals surface area contributed by atoms with E-state index in [0.717, 1.165) is 51.4 Å². The fraction of sp³-hybridized carbons (Fsp3) is 0.307. The third-order valence-corrected chi connectivity index (χ3v) is 31.7. The maximum absolute atomic E-state index is 4.77. The van der Waals surface area contributed by atoms with Crippen molar-refractivity contribution in [2.45, 2.75) is 266 Å². The van der Waals surface area contributed by atoms with Crippen LogP contribution in [0, 0.1) is 215 Å². The number of rotatable bonds is 0. The van der Waals surface area contributed by atoms with Gasteiger partial charge in [-0.2, -0.15) is 0 Å². The van der Waals surface area contributed by atoms with Gasteiger partial charge in [-0.05, 0) is 437 Å². The highest BCUT2D eigenvalue weighted by atomic mass is 14.8. The summed E-state index contributed by atoms with van der Waals surface area (Å²) in [5.74, 6) is 0. The molecule has 0 saturated heterocycles. The summed E-state index contributed by atoms with van der Waals surface area (Å²) in [6, 6.07) is 46.7. The van der Waals surface area contributed by atoms with Crippen molar-refractivity contribution in [3.05, 3.63) is 415 Å². The first kappa shape index (κ1) is 93.8. The SMILES string of the molecule is Cc1cc(C)c2c(c1)Cc1ncc(C)c(C)c1-2.Cc1ccc2c(c1)-c1c(nc(C)c(C)c1C)C2.Cc1ccc2c(c1)Cc1nc(C)c(C)c(C)c1-2.Cc1ccc2c(c1C)-c1c(ncc(C)c1C)C2.Cc1cccc2c1-c1c(nc(C)c(C)c1C)C2.Cc1cccc2c1Cc1nc(C)c(C)c(C)c1-2.Cc1cnc2c(c1C)-c1c(C)ccc(C)c1C2.Cc1cnc2c(c1C)-c1cccc(C)c1C2. The number of hydrogen-bond donors (Lipinski definition) is 0. The van der Waals surface area contributed by atoms with E-state index in [-0.39, 0.29) is 0 Å². The second-order valence-corrected chi connectivity index (χ2v) is 40.4. The number of aromatic nitrogens is 8. The van der Waals surface area contributed by atoms with E-state index in [2.05, 4.69) is 362 Å². The molecule has 0 N–H and O–H groups in total. The number of benzene rings is 8. The molecule has 0 aliphatic heterocycles. The molecule has 8 heteroatoms. The molecule has 135 heavy (non-hydrogen) atoms. The summed E-state index contributed by atoms with van der Waals surface area (Å²) < 4.78 is 0. The summed E-state index contributed by atoms with van der Waals surface area (Å²) in [6.45, 7) is 67.5. The molecule has 0 bridgehead atoms. The molecule has 0 unspecified atom stereocenters. The van der Waals surface area contributed by atoms with E-state index in [1.54, 1.807) is 0 Å². The van der Waals surface area contributed by atoms with Gasteiger partial charge in [-0.15, -0.1) is 0 Å². The van der Waals surface area contributed by atoms with Crippen LogP contribution in [0.25, 0.3) is 89.0 Å². The second-order valence-electron chi connectivity index (χ2n) is 40.4. The van der Waals surface area contributed by atoms with Crippen molar-refractivity contribution in [1.29, 1.82) is 0 Å². The van der Waals surface area contributed by atoms with Crippen molar-refractivity contribution in [2.75, 3.05) is 0 Å². The Morgan fingerprint density at radius 2 is 0.481 bits per heavy atom. The van der Waals surface area contributed by atoms with Gasteiger partial charge in [0.25, 0.3) is 0 Å². The van der Waals surface area contributed by atoms with Crippen LogP contribution in [0.2, 0.25) is 0 Å². The molecule has 0 amide bonds. The van der Waals surface area contributed by atoms with Crippen molar-refractivity contribution >= 4 is 0 Å². The number of hydrogen-bond acceptors (Lipinski definition) is 8. The Hall–Kier alpha value is -13.0. The minimum atomic E-state index is 0.993. The van der Waals surface area contributed by atoms with Crippen LogP contribution in [0.4, 0.5) is 0 Å².